The van der Waals surface area contributed by atoms with Gasteiger partial charge < -0.3 is 5.32 Å². The Morgan fingerprint density at radius 2 is 1.93 bits per heavy atom. The number of rotatable bonds is 1. The molecule has 2 fully saturated rings. The lowest BCUT2D eigenvalue weighted by Crippen LogP contribution is -2.61. The molecule has 0 aromatic heterocycles. The average molecular weight is 211 g/mol. The van der Waals surface area contributed by atoms with Crippen molar-refractivity contribution in [1.29, 1.82) is 0 Å². The molecule has 2 rings (SSSR count). The van der Waals surface area contributed by atoms with Gasteiger partial charge in [0.05, 0.1) is 0 Å². The van der Waals surface area contributed by atoms with E-state index in [0.29, 0.717) is 6.54 Å². The van der Waals surface area contributed by atoms with Gasteiger partial charge in [-0.3, -0.25) is 15.0 Å². The summed E-state index contributed by atoms with van der Waals surface area (Å²) in [4.78, 5) is 24.6. The first-order chi connectivity index (χ1) is 7.16. The molecule has 15 heavy (non-hydrogen) atoms. The van der Waals surface area contributed by atoms with E-state index in [4.69, 9.17) is 0 Å². The van der Waals surface area contributed by atoms with Crippen molar-refractivity contribution in [3.8, 4) is 0 Å². The van der Waals surface area contributed by atoms with E-state index in [0.717, 1.165) is 31.8 Å². The van der Waals surface area contributed by atoms with E-state index in [9.17, 15) is 9.59 Å². The smallest absolute Gasteiger partial charge is 0.321 e. The number of carbonyl (C=O) groups excluding carboxylic acids is 2. The van der Waals surface area contributed by atoms with Crippen LogP contribution in [0.15, 0.2) is 0 Å². The third-order valence-corrected chi connectivity index (χ3v) is 3.25. The Morgan fingerprint density at radius 3 is 2.53 bits per heavy atom. The van der Waals surface area contributed by atoms with Gasteiger partial charge in [0.25, 0.3) is 0 Å². The molecule has 0 saturated carbocycles. The van der Waals surface area contributed by atoms with E-state index in [1.54, 1.807) is 0 Å². The number of carbonyl (C=O) groups is 2. The standard InChI is InChI=1S/C10H17N3O2/c1-7-2-4-13(5-3-7)8-6-11-10(15)12-9(8)14/h7-8H,2-6H2,1H3,(H2,11,12,14,15). The molecule has 2 saturated heterocycles. The number of hydrogen-bond donors (Lipinski definition) is 2. The molecule has 0 spiro atoms. The minimum absolute atomic E-state index is 0.159. The van der Waals surface area contributed by atoms with Gasteiger partial charge >= 0.3 is 6.03 Å². The monoisotopic (exact) mass is 211 g/mol. The highest BCUT2D eigenvalue weighted by Crippen LogP contribution is 2.18. The Labute approximate surface area is 89.2 Å². The van der Waals surface area contributed by atoms with E-state index in [1.807, 2.05) is 0 Å². The van der Waals surface area contributed by atoms with Gasteiger partial charge in [0.1, 0.15) is 6.04 Å². The fourth-order valence-electron chi connectivity index (χ4n) is 2.16. The Balaban J connectivity index is 1.93. The Bertz CT molecular complexity index is 272. The summed E-state index contributed by atoms with van der Waals surface area (Å²) in [7, 11) is 0. The molecular formula is C10H17N3O2. The van der Waals surface area contributed by atoms with Crippen molar-refractivity contribution in [2.45, 2.75) is 25.8 Å². The Morgan fingerprint density at radius 1 is 1.27 bits per heavy atom. The molecule has 0 radical (unpaired) electrons. The molecule has 1 atom stereocenters. The second-order valence-corrected chi connectivity index (χ2v) is 4.43. The zero-order valence-electron chi connectivity index (χ0n) is 8.95. The number of urea groups is 1. The lowest BCUT2D eigenvalue weighted by atomic mass is 9.97. The molecule has 2 aliphatic heterocycles. The summed E-state index contributed by atoms with van der Waals surface area (Å²) in [6.07, 6.45) is 2.27. The predicted molar refractivity (Wildman–Crippen MR) is 55.3 cm³/mol. The molecule has 0 aromatic carbocycles. The molecule has 2 N–H and O–H groups in total. The second kappa shape index (κ2) is 4.18. The highest BCUT2D eigenvalue weighted by molar-refractivity contribution is 5.99. The van der Waals surface area contributed by atoms with Crippen molar-refractivity contribution in [2.24, 2.45) is 5.92 Å². The number of nitrogens with one attached hydrogen (secondary N) is 2. The zero-order valence-corrected chi connectivity index (χ0v) is 8.95. The fourth-order valence-corrected chi connectivity index (χ4v) is 2.16. The maximum atomic E-state index is 11.6. The summed E-state index contributed by atoms with van der Waals surface area (Å²) < 4.78 is 0. The van der Waals surface area contributed by atoms with Crippen molar-refractivity contribution in [1.82, 2.24) is 15.5 Å². The molecular weight excluding hydrogens is 194 g/mol. The number of likely N-dealkylation sites (tertiary alicyclic amines) is 1. The maximum Gasteiger partial charge on any atom is 0.321 e. The van der Waals surface area contributed by atoms with Crippen molar-refractivity contribution in [3.63, 3.8) is 0 Å². The van der Waals surface area contributed by atoms with E-state index in [1.165, 1.54) is 0 Å². The molecule has 0 aliphatic carbocycles. The molecule has 2 aliphatic rings. The van der Waals surface area contributed by atoms with Crippen molar-refractivity contribution in [2.75, 3.05) is 19.6 Å². The van der Waals surface area contributed by atoms with Crippen LogP contribution in [-0.4, -0.2) is 42.5 Å². The van der Waals surface area contributed by atoms with E-state index < -0.39 is 0 Å². The average Bonchev–Trinajstić information content (AvgIpc) is 2.20. The van der Waals surface area contributed by atoms with E-state index in [2.05, 4.69) is 22.5 Å². The van der Waals surface area contributed by atoms with Crippen LogP contribution in [-0.2, 0) is 4.79 Å². The number of imide groups is 1. The minimum atomic E-state index is -0.373. The van der Waals surface area contributed by atoms with Crippen LogP contribution in [0, 0.1) is 5.92 Å². The van der Waals surface area contributed by atoms with Gasteiger partial charge in [0, 0.05) is 6.54 Å². The lowest BCUT2D eigenvalue weighted by molar-refractivity contribution is -0.126. The fraction of sp³-hybridized carbons (Fsp3) is 0.800. The van der Waals surface area contributed by atoms with Crippen molar-refractivity contribution in [3.05, 3.63) is 0 Å². The van der Waals surface area contributed by atoms with Gasteiger partial charge in [0.2, 0.25) is 5.91 Å². The van der Waals surface area contributed by atoms with E-state index in [-0.39, 0.29) is 18.0 Å². The molecule has 0 aromatic rings. The van der Waals surface area contributed by atoms with Gasteiger partial charge in [-0.2, -0.15) is 0 Å². The Kier molecular flexibility index (Phi) is 2.90. The van der Waals surface area contributed by atoms with Crippen molar-refractivity contribution < 1.29 is 9.59 Å². The first-order valence-electron chi connectivity index (χ1n) is 5.49. The van der Waals surface area contributed by atoms with Crippen LogP contribution >= 0.6 is 0 Å². The Hall–Kier alpha value is -1.10. The van der Waals surface area contributed by atoms with Gasteiger partial charge in [0.15, 0.2) is 0 Å². The van der Waals surface area contributed by atoms with Gasteiger partial charge in [-0.05, 0) is 31.8 Å². The largest absolute Gasteiger partial charge is 0.336 e. The number of hydrogen-bond acceptors (Lipinski definition) is 3. The molecule has 5 heteroatoms. The summed E-state index contributed by atoms with van der Waals surface area (Å²) >= 11 is 0. The van der Waals surface area contributed by atoms with Gasteiger partial charge in [-0.25, -0.2) is 4.79 Å². The topological polar surface area (TPSA) is 61.4 Å². The highest BCUT2D eigenvalue weighted by Gasteiger charge is 2.32. The normalized spacial score (nSPS) is 29.8. The van der Waals surface area contributed by atoms with Crippen LogP contribution in [0.3, 0.4) is 0 Å². The summed E-state index contributed by atoms with van der Waals surface area (Å²) in [6, 6.07) is -0.545. The molecule has 84 valence electrons. The van der Waals surface area contributed by atoms with Crippen LogP contribution in [0.1, 0.15) is 19.8 Å². The molecule has 0 bridgehead atoms. The maximum absolute atomic E-state index is 11.6. The first-order valence-corrected chi connectivity index (χ1v) is 5.49. The second-order valence-electron chi connectivity index (χ2n) is 4.43. The van der Waals surface area contributed by atoms with Crippen molar-refractivity contribution >= 4 is 11.9 Å². The van der Waals surface area contributed by atoms with Crippen LogP contribution < -0.4 is 10.6 Å². The van der Waals surface area contributed by atoms with Gasteiger partial charge in [-0.1, -0.05) is 6.92 Å². The summed E-state index contributed by atoms with van der Waals surface area (Å²) in [5.41, 5.74) is 0. The third-order valence-electron chi connectivity index (χ3n) is 3.25. The zero-order chi connectivity index (χ0) is 10.8. The summed E-state index contributed by atoms with van der Waals surface area (Å²) in [5.74, 6) is 0.593. The highest BCUT2D eigenvalue weighted by atomic mass is 16.2. The summed E-state index contributed by atoms with van der Waals surface area (Å²) in [5, 5.41) is 4.97. The first kappa shape index (κ1) is 10.4. The van der Waals surface area contributed by atoms with E-state index >= 15 is 0 Å². The van der Waals surface area contributed by atoms with Crippen LogP contribution in [0.2, 0.25) is 0 Å². The number of nitrogens with zero attached hydrogens (tertiary/aromatic N) is 1. The SMILES string of the molecule is CC1CCN(C2CNC(=O)NC2=O)CC1. The molecule has 1 unspecified atom stereocenters. The molecule has 3 amide bonds. The van der Waals surface area contributed by atoms with Gasteiger partial charge in [-0.15, -0.1) is 0 Å². The summed E-state index contributed by atoms with van der Waals surface area (Å²) in [6.45, 7) is 4.59. The quantitative estimate of drug-likeness (QED) is 0.638. The van der Waals surface area contributed by atoms with Crippen LogP contribution in [0.25, 0.3) is 0 Å². The van der Waals surface area contributed by atoms with Crippen LogP contribution in [0.5, 0.6) is 0 Å². The third kappa shape index (κ3) is 2.28. The predicted octanol–water partition coefficient (Wildman–Crippen LogP) is -0.0737. The van der Waals surface area contributed by atoms with Crippen LogP contribution in [0.4, 0.5) is 4.79 Å². The number of piperidine rings is 1. The minimum Gasteiger partial charge on any atom is -0.336 e. The molecule has 5 nitrogen and oxygen atoms in total. The number of amides is 3. The molecule has 2 heterocycles. The lowest BCUT2D eigenvalue weighted by Gasteiger charge is -2.37.